The topological polar surface area (TPSA) is 50.2 Å². The van der Waals surface area contributed by atoms with E-state index < -0.39 is 0 Å². The summed E-state index contributed by atoms with van der Waals surface area (Å²) in [4.78, 5) is 15.4. The molecule has 0 bridgehead atoms. The summed E-state index contributed by atoms with van der Waals surface area (Å²) in [6.45, 7) is 10.7. The lowest BCUT2D eigenvalue weighted by atomic mass is 10.0. The van der Waals surface area contributed by atoms with Gasteiger partial charge in [-0.3, -0.25) is 4.79 Å². The molecule has 3 rings (SSSR count). The predicted molar refractivity (Wildman–Crippen MR) is 110 cm³/mol. The third-order valence-corrected chi connectivity index (χ3v) is 5.48. The zero-order valence-electron chi connectivity index (χ0n) is 16.6. The maximum Gasteiger partial charge on any atom is 0.255 e. The number of hydrogen-bond acceptors (Lipinski definition) is 3. The lowest BCUT2D eigenvalue weighted by Gasteiger charge is -2.34. The van der Waals surface area contributed by atoms with Crippen LogP contribution in [0.25, 0.3) is 5.69 Å². The molecule has 146 valence electrons. The third-order valence-electron chi connectivity index (χ3n) is 5.25. The van der Waals surface area contributed by atoms with Gasteiger partial charge in [0.25, 0.3) is 5.91 Å². The van der Waals surface area contributed by atoms with Crippen molar-refractivity contribution in [1.29, 1.82) is 0 Å². The van der Waals surface area contributed by atoms with E-state index in [1.165, 1.54) is 0 Å². The average Bonchev–Trinajstić information content (AvgIpc) is 3.07. The lowest BCUT2D eigenvalue weighted by Crippen LogP contribution is -2.46. The van der Waals surface area contributed by atoms with Crippen molar-refractivity contribution in [2.45, 2.75) is 58.5 Å². The molecule has 5 nitrogen and oxygen atoms in total. The molecule has 1 aromatic carbocycles. The number of carbonyl (C=O) groups excluding carboxylic acids is 1. The molecular weight excluding hydrogens is 360 g/mol. The standard InChI is InChI=1S/C21H29ClN4O/c1-14(2)20-19(13-23-26(20)18-7-5-6-16(22)12-18)21(27)24-17-8-10-25(11-9-17)15(3)4/h5-7,12-15,17H,8-11H2,1-4H3,(H,24,27). The molecule has 0 aliphatic carbocycles. The molecule has 1 aliphatic heterocycles. The quantitative estimate of drug-likeness (QED) is 0.832. The molecule has 27 heavy (non-hydrogen) atoms. The van der Waals surface area contributed by atoms with E-state index in [1.807, 2.05) is 28.9 Å². The predicted octanol–water partition coefficient (Wildman–Crippen LogP) is 4.25. The smallest absolute Gasteiger partial charge is 0.255 e. The van der Waals surface area contributed by atoms with Crippen molar-refractivity contribution in [3.8, 4) is 5.69 Å². The van der Waals surface area contributed by atoms with E-state index in [1.54, 1.807) is 6.20 Å². The first-order valence-electron chi connectivity index (χ1n) is 9.75. The van der Waals surface area contributed by atoms with Crippen molar-refractivity contribution in [3.05, 3.63) is 46.7 Å². The Morgan fingerprint density at radius 1 is 1.22 bits per heavy atom. The van der Waals surface area contributed by atoms with E-state index in [-0.39, 0.29) is 17.9 Å². The summed E-state index contributed by atoms with van der Waals surface area (Å²) < 4.78 is 1.83. The highest BCUT2D eigenvalue weighted by atomic mass is 35.5. The van der Waals surface area contributed by atoms with Crippen molar-refractivity contribution in [1.82, 2.24) is 20.0 Å². The number of nitrogens with zero attached hydrogens (tertiary/aromatic N) is 3. The minimum Gasteiger partial charge on any atom is -0.349 e. The number of likely N-dealkylation sites (tertiary alicyclic amines) is 1. The maximum atomic E-state index is 13.0. The van der Waals surface area contributed by atoms with Crippen LogP contribution in [0.2, 0.25) is 5.02 Å². The number of hydrogen-bond donors (Lipinski definition) is 1. The van der Waals surface area contributed by atoms with Gasteiger partial charge in [-0.25, -0.2) is 4.68 Å². The van der Waals surface area contributed by atoms with Crippen molar-refractivity contribution in [2.24, 2.45) is 0 Å². The van der Waals surface area contributed by atoms with E-state index in [0.29, 0.717) is 16.6 Å². The summed E-state index contributed by atoms with van der Waals surface area (Å²) in [6, 6.07) is 8.33. The molecule has 1 aliphatic rings. The van der Waals surface area contributed by atoms with Crippen molar-refractivity contribution in [3.63, 3.8) is 0 Å². The van der Waals surface area contributed by atoms with E-state index in [0.717, 1.165) is 37.3 Å². The van der Waals surface area contributed by atoms with Gasteiger partial charge in [0.2, 0.25) is 0 Å². The fourth-order valence-electron chi connectivity index (χ4n) is 3.73. The van der Waals surface area contributed by atoms with E-state index in [9.17, 15) is 4.79 Å². The summed E-state index contributed by atoms with van der Waals surface area (Å²) in [5.74, 6) is 0.130. The number of piperidine rings is 1. The zero-order valence-corrected chi connectivity index (χ0v) is 17.3. The summed E-state index contributed by atoms with van der Waals surface area (Å²) in [6.07, 6.45) is 3.65. The van der Waals surface area contributed by atoms with Gasteiger partial charge < -0.3 is 10.2 Å². The number of amides is 1. The molecule has 1 fully saturated rings. The number of benzene rings is 1. The zero-order chi connectivity index (χ0) is 19.6. The number of halogens is 1. The largest absolute Gasteiger partial charge is 0.349 e. The molecule has 0 spiro atoms. The van der Waals surface area contributed by atoms with E-state index in [2.05, 4.69) is 43.0 Å². The van der Waals surface area contributed by atoms with Crippen LogP contribution in [0.15, 0.2) is 30.5 Å². The molecule has 0 saturated carbocycles. The summed E-state index contributed by atoms with van der Waals surface area (Å²) in [7, 11) is 0. The second-order valence-corrected chi connectivity index (χ2v) is 8.30. The first kappa shape index (κ1) is 19.9. The minimum atomic E-state index is -0.0324. The molecule has 1 N–H and O–H groups in total. The first-order chi connectivity index (χ1) is 12.9. The maximum absolute atomic E-state index is 13.0. The normalized spacial score (nSPS) is 16.3. The molecule has 0 unspecified atom stereocenters. The Morgan fingerprint density at radius 2 is 1.93 bits per heavy atom. The van der Waals surface area contributed by atoms with Crippen molar-refractivity contribution >= 4 is 17.5 Å². The highest BCUT2D eigenvalue weighted by Gasteiger charge is 2.26. The third kappa shape index (κ3) is 4.53. The van der Waals surface area contributed by atoms with Gasteiger partial charge in [0.05, 0.1) is 23.1 Å². The molecule has 0 radical (unpaired) electrons. The fraction of sp³-hybridized carbons (Fsp3) is 0.524. The van der Waals surface area contributed by atoms with E-state index >= 15 is 0 Å². The van der Waals surface area contributed by atoms with Crippen LogP contribution >= 0.6 is 11.6 Å². The summed E-state index contributed by atoms with van der Waals surface area (Å²) >= 11 is 6.13. The second-order valence-electron chi connectivity index (χ2n) is 7.87. The van der Waals surface area contributed by atoms with Crippen LogP contribution in [0.3, 0.4) is 0 Å². The van der Waals surface area contributed by atoms with Crippen LogP contribution in [-0.2, 0) is 0 Å². The highest BCUT2D eigenvalue weighted by molar-refractivity contribution is 6.30. The van der Waals surface area contributed by atoms with Gasteiger partial charge in [-0.1, -0.05) is 31.5 Å². The Bertz CT molecular complexity index is 791. The fourth-order valence-corrected chi connectivity index (χ4v) is 3.91. The molecular formula is C21H29ClN4O. The lowest BCUT2D eigenvalue weighted by molar-refractivity contribution is 0.0899. The van der Waals surface area contributed by atoms with Crippen LogP contribution in [0.5, 0.6) is 0 Å². The molecule has 1 aromatic heterocycles. The van der Waals surface area contributed by atoms with E-state index in [4.69, 9.17) is 11.6 Å². The Kier molecular flexibility index (Phi) is 6.22. The van der Waals surface area contributed by atoms with Crippen molar-refractivity contribution in [2.75, 3.05) is 13.1 Å². The van der Waals surface area contributed by atoms with Gasteiger partial charge in [-0.05, 0) is 50.8 Å². The van der Waals surface area contributed by atoms with Crippen LogP contribution in [-0.4, -0.2) is 45.8 Å². The Morgan fingerprint density at radius 3 is 2.52 bits per heavy atom. The summed E-state index contributed by atoms with van der Waals surface area (Å²) in [5, 5.41) is 8.36. The number of carbonyl (C=O) groups is 1. The Labute approximate surface area is 166 Å². The Hall–Kier alpha value is -1.85. The van der Waals surface area contributed by atoms with Gasteiger partial charge in [0.1, 0.15) is 0 Å². The van der Waals surface area contributed by atoms with Gasteiger partial charge in [0.15, 0.2) is 0 Å². The van der Waals surface area contributed by atoms with Gasteiger partial charge in [-0.2, -0.15) is 5.10 Å². The van der Waals surface area contributed by atoms with Crippen LogP contribution in [0, 0.1) is 0 Å². The first-order valence-corrected chi connectivity index (χ1v) is 10.1. The van der Waals surface area contributed by atoms with Gasteiger partial charge in [0, 0.05) is 30.2 Å². The number of nitrogens with one attached hydrogen (secondary N) is 1. The molecule has 2 aromatic rings. The monoisotopic (exact) mass is 388 g/mol. The van der Waals surface area contributed by atoms with Crippen molar-refractivity contribution < 1.29 is 4.79 Å². The molecule has 0 atom stereocenters. The number of rotatable bonds is 5. The molecule has 1 amide bonds. The highest BCUT2D eigenvalue weighted by Crippen LogP contribution is 2.25. The second kappa shape index (κ2) is 8.44. The van der Waals surface area contributed by atoms with Crippen LogP contribution in [0.1, 0.15) is 62.5 Å². The minimum absolute atomic E-state index is 0.0324. The molecule has 1 saturated heterocycles. The number of aromatic nitrogens is 2. The van der Waals surface area contributed by atoms with Gasteiger partial charge in [-0.15, -0.1) is 0 Å². The SMILES string of the molecule is CC(C)c1c(C(=O)NC2CCN(C(C)C)CC2)cnn1-c1cccc(Cl)c1. The Balaban J connectivity index is 1.77. The summed E-state index contributed by atoms with van der Waals surface area (Å²) in [5.41, 5.74) is 2.43. The molecule has 6 heteroatoms. The average molecular weight is 389 g/mol. The van der Waals surface area contributed by atoms with Gasteiger partial charge >= 0.3 is 0 Å². The van der Waals surface area contributed by atoms with Crippen LogP contribution < -0.4 is 5.32 Å². The van der Waals surface area contributed by atoms with Crippen LogP contribution in [0.4, 0.5) is 0 Å². The molecule has 2 heterocycles.